The Labute approximate surface area is 85.0 Å². The number of alkyl halides is 1. The first-order chi connectivity index (χ1) is 6.19. The van der Waals surface area contributed by atoms with E-state index >= 15 is 0 Å². The Hall–Kier alpha value is -0.810. The molecule has 1 unspecified atom stereocenters. The quantitative estimate of drug-likeness (QED) is 0.779. The molecule has 1 aromatic rings. The highest BCUT2D eigenvalue weighted by Crippen LogP contribution is 2.27. The summed E-state index contributed by atoms with van der Waals surface area (Å²) in [5.74, 6) is 0.238. The van der Waals surface area contributed by atoms with Crippen molar-refractivity contribution in [3.8, 4) is 5.88 Å². The zero-order chi connectivity index (χ0) is 9.84. The summed E-state index contributed by atoms with van der Waals surface area (Å²) in [4.78, 5) is 11.8. The molecule has 0 saturated carbocycles. The van der Waals surface area contributed by atoms with Gasteiger partial charge in [-0.2, -0.15) is 4.37 Å². The number of carbonyl (C=O) groups is 1. The standard InChI is InChI=1S/C7H9ClN2O2S/c1-9-7(11)6(8)4-3-5(12-2)10-13-4/h3,6H,1-2H3,(H,9,11). The summed E-state index contributed by atoms with van der Waals surface area (Å²) < 4.78 is 8.79. The van der Waals surface area contributed by atoms with E-state index in [0.717, 1.165) is 11.5 Å². The lowest BCUT2D eigenvalue weighted by molar-refractivity contribution is -0.120. The van der Waals surface area contributed by atoms with Crippen LogP contribution in [0.15, 0.2) is 6.07 Å². The first-order valence-corrected chi connectivity index (χ1v) is 4.76. The maximum absolute atomic E-state index is 11.1. The van der Waals surface area contributed by atoms with Crippen molar-refractivity contribution in [3.63, 3.8) is 0 Å². The number of nitrogens with zero attached hydrogens (tertiary/aromatic N) is 1. The van der Waals surface area contributed by atoms with Gasteiger partial charge in [-0.15, -0.1) is 11.6 Å². The molecule has 72 valence electrons. The number of likely N-dealkylation sites (N-methyl/N-ethyl adjacent to an activating group) is 1. The number of hydrogen-bond donors (Lipinski definition) is 1. The highest BCUT2D eigenvalue weighted by Gasteiger charge is 2.19. The van der Waals surface area contributed by atoms with Gasteiger partial charge in [0, 0.05) is 13.1 Å². The number of halogens is 1. The largest absolute Gasteiger partial charge is 0.480 e. The van der Waals surface area contributed by atoms with Crippen LogP contribution in [0.5, 0.6) is 5.88 Å². The maximum atomic E-state index is 11.1. The Kier molecular flexibility index (Phi) is 3.50. The van der Waals surface area contributed by atoms with E-state index in [4.69, 9.17) is 16.3 Å². The van der Waals surface area contributed by atoms with Crippen molar-refractivity contribution in [1.82, 2.24) is 9.69 Å². The normalized spacial score (nSPS) is 12.2. The summed E-state index contributed by atoms with van der Waals surface area (Å²) in [5, 5.41) is 1.77. The highest BCUT2D eigenvalue weighted by molar-refractivity contribution is 7.06. The Morgan fingerprint density at radius 3 is 3.00 bits per heavy atom. The molecule has 1 atom stereocenters. The molecule has 1 rings (SSSR count). The zero-order valence-electron chi connectivity index (χ0n) is 7.20. The average Bonchev–Trinajstić information content (AvgIpc) is 2.63. The Bertz CT molecular complexity index is 302. The lowest BCUT2D eigenvalue weighted by Crippen LogP contribution is -2.21. The van der Waals surface area contributed by atoms with E-state index in [0.29, 0.717) is 10.8 Å². The molecule has 0 aromatic carbocycles. The van der Waals surface area contributed by atoms with Crippen LogP contribution in [0.25, 0.3) is 0 Å². The van der Waals surface area contributed by atoms with Gasteiger partial charge in [-0.05, 0) is 11.5 Å². The van der Waals surface area contributed by atoms with Gasteiger partial charge in [-0.1, -0.05) is 0 Å². The predicted octanol–water partition coefficient (Wildman–Crippen LogP) is 1.18. The molecule has 0 saturated heterocycles. The van der Waals surface area contributed by atoms with Gasteiger partial charge in [0.05, 0.1) is 12.0 Å². The second-order valence-corrected chi connectivity index (χ2v) is 3.52. The molecule has 0 aliphatic heterocycles. The van der Waals surface area contributed by atoms with Crippen molar-refractivity contribution < 1.29 is 9.53 Å². The molecule has 1 N–H and O–H groups in total. The molecule has 0 spiro atoms. The summed E-state index contributed by atoms with van der Waals surface area (Å²) in [6, 6.07) is 1.65. The van der Waals surface area contributed by atoms with Gasteiger partial charge in [0.15, 0.2) is 0 Å². The van der Waals surface area contributed by atoms with E-state index in [1.54, 1.807) is 6.07 Å². The number of amides is 1. The monoisotopic (exact) mass is 220 g/mol. The lowest BCUT2D eigenvalue weighted by Gasteiger charge is -2.02. The number of ether oxygens (including phenoxy) is 1. The highest BCUT2D eigenvalue weighted by atomic mass is 35.5. The molecule has 13 heavy (non-hydrogen) atoms. The maximum Gasteiger partial charge on any atom is 0.243 e. The van der Waals surface area contributed by atoms with Gasteiger partial charge in [-0.3, -0.25) is 4.79 Å². The van der Waals surface area contributed by atoms with E-state index in [9.17, 15) is 4.79 Å². The fraction of sp³-hybridized carbons (Fsp3) is 0.429. The molecule has 0 aliphatic carbocycles. The van der Waals surface area contributed by atoms with Gasteiger partial charge >= 0.3 is 0 Å². The summed E-state index contributed by atoms with van der Waals surface area (Å²) in [7, 11) is 3.05. The summed E-state index contributed by atoms with van der Waals surface area (Å²) in [6.45, 7) is 0. The number of nitrogens with one attached hydrogen (secondary N) is 1. The topological polar surface area (TPSA) is 51.2 Å². The molecule has 0 radical (unpaired) electrons. The van der Waals surface area contributed by atoms with Crippen molar-refractivity contribution in [3.05, 3.63) is 10.9 Å². The fourth-order valence-electron chi connectivity index (χ4n) is 0.744. The van der Waals surface area contributed by atoms with Crippen molar-refractivity contribution in [1.29, 1.82) is 0 Å². The number of hydrogen-bond acceptors (Lipinski definition) is 4. The van der Waals surface area contributed by atoms with E-state index in [2.05, 4.69) is 9.69 Å². The molecule has 4 nitrogen and oxygen atoms in total. The summed E-state index contributed by atoms with van der Waals surface area (Å²) in [6.07, 6.45) is 0. The van der Waals surface area contributed by atoms with Crippen LogP contribution in [0.3, 0.4) is 0 Å². The Morgan fingerprint density at radius 2 is 2.54 bits per heavy atom. The van der Waals surface area contributed by atoms with Gasteiger partial charge in [0.2, 0.25) is 11.8 Å². The van der Waals surface area contributed by atoms with Crippen molar-refractivity contribution in [2.24, 2.45) is 0 Å². The van der Waals surface area contributed by atoms with Crippen LogP contribution in [-0.2, 0) is 4.79 Å². The van der Waals surface area contributed by atoms with Gasteiger partial charge in [-0.25, -0.2) is 0 Å². The Balaban J connectivity index is 2.76. The van der Waals surface area contributed by atoms with Crippen molar-refractivity contribution >= 4 is 29.0 Å². The smallest absolute Gasteiger partial charge is 0.243 e. The molecule has 0 bridgehead atoms. The molecular formula is C7H9ClN2O2S. The summed E-state index contributed by atoms with van der Waals surface area (Å²) >= 11 is 6.99. The van der Waals surface area contributed by atoms with Crippen molar-refractivity contribution in [2.45, 2.75) is 5.38 Å². The van der Waals surface area contributed by atoms with Crippen LogP contribution < -0.4 is 10.1 Å². The van der Waals surface area contributed by atoms with Crippen LogP contribution >= 0.6 is 23.1 Å². The first kappa shape index (κ1) is 10.3. The molecule has 1 heterocycles. The molecule has 1 amide bonds. The molecule has 0 fully saturated rings. The van der Waals surface area contributed by atoms with Crippen LogP contribution in [-0.4, -0.2) is 24.4 Å². The third-order valence-electron chi connectivity index (χ3n) is 1.44. The third kappa shape index (κ3) is 2.32. The van der Waals surface area contributed by atoms with E-state index in [1.165, 1.54) is 14.2 Å². The predicted molar refractivity (Wildman–Crippen MR) is 51.3 cm³/mol. The van der Waals surface area contributed by atoms with Crippen LogP contribution in [0, 0.1) is 0 Å². The average molecular weight is 221 g/mol. The number of methoxy groups -OCH3 is 1. The second kappa shape index (κ2) is 4.43. The number of rotatable bonds is 3. The fourth-order valence-corrected chi connectivity index (χ4v) is 1.71. The van der Waals surface area contributed by atoms with Crippen LogP contribution in [0.2, 0.25) is 0 Å². The van der Waals surface area contributed by atoms with Crippen LogP contribution in [0.4, 0.5) is 0 Å². The third-order valence-corrected chi connectivity index (χ3v) is 2.84. The van der Waals surface area contributed by atoms with Gasteiger partial charge < -0.3 is 10.1 Å². The van der Waals surface area contributed by atoms with E-state index in [-0.39, 0.29) is 5.91 Å². The van der Waals surface area contributed by atoms with Crippen molar-refractivity contribution in [2.75, 3.05) is 14.2 Å². The summed E-state index contributed by atoms with van der Waals surface area (Å²) in [5.41, 5.74) is 0. The molecule has 6 heteroatoms. The van der Waals surface area contributed by atoms with E-state index < -0.39 is 5.38 Å². The SMILES string of the molecule is CNC(=O)C(Cl)c1cc(OC)ns1. The second-order valence-electron chi connectivity index (χ2n) is 2.25. The first-order valence-electron chi connectivity index (χ1n) is 3.55. The van der Waals surface area contributed by atoms with Gasteiger partial charge in [0.25, 0.3) is 0 Å². The Morgan fingerprint density at radius 1 is 1.85 bits per heavy atom. The number of aromatic nitrogens is 1. The molecule has 1 aromatic heterocycles. The minimum Gasteiger partial charge on any atom is -0.480 e. The minimum absolute atomic E-state index is 0.243. The lowest BCUT2D eigenvalue weighted by atomic mass is 10.3. The molecule has 0 aliphatic rings. The zero-order valence-corrected chi connectivity index (χ0v) is 8.78. The van der Waals surface area contributed by atoms with E-state index in [1.807, 2.05) is 0 Å². The number of carbonyl (C=O) groups excluding carboxylic acids is 1. The van der Waals surface area contributed by atoms with Gasteiger partial charge in [0.1, 0.15) is 5.38 Å². The van der Waals surface area contributed by atoms with Crippen LogP contribution in [0.1, 0.15) is 10.3 Å². The molecular weight excluding hydrogens is 212 g/mol. The minimum atomic E-state index is -0.689.